The molecular weight excluding hydrogens is 270 g/mol. The highest BCUT2D eigenvalue weighted by Gasteiger charge is 2.46. The summed E-state index contributed by atoms with van der Waals surface area (Å²) in [6.07, 6.45) is 5.46. The Hall–Kier alpha value is -1.30. The van der Waals surface area contributed by atoms with Gasteiger partial charge in [-0.05, 0) is 26.7 Å². The summed E-state index contributed by atoms with van der Waals surface area (Å²) in [5.74, 6) is 0.0721. The van der Waals surface area contributed by atoms with Gasteiger partial charge < -0.3 is 20.6 Å². The molecule has 1 aliphatic heterocycles. The molecule has 1 aliphatic carbocycles. The zero-order valence-electron chi connectivity index (χ0n) is 13.0. The van der Waals surface area contributed by atoms with E-state index in [1.165, 1.54) is 0 Å². The number of morpholine rings is 1. The molecule has 3 N–H and O–H groups in total. The van der Waals surface area contributed by atoms with Gasteiger partial charge in [-0.3, -0.25) is 4.79 Å². The van der Waals surface area contributed by atoms with E-state index in [-0.39, 0.29) is 24.0 Å². The zero-order chi connectivity index (χ0) is 15.5. The average Bonchev–Trinajstić information content (AvgIpc) is 2.71. The molecule has 21 heavy (non-hydrogen) atoms. The standard InChI is InChI=1S/C15H27N3O3/c1-11-9-18(10-12(2)21-11)14(19)15(13(16)17-20)7-5-3-4-6-8-15/h11-12,20H,3-10H2,1-2H3,(H2,16,17)/t11-,12+. The fraction of sp³-hybridized carbons (Fsp3) is 0.867. The molecule has 2 rings (SSSR count). The summed E-state index contributed by atoms with van der Waals surface area (Å²) in [6.45, 7) is 5.09. The molecule has 6 heteroatoms. The van der Waals surface area contributed by atoms with Gasteiger partial charge in [0.25, 0.3) is 0 Å². The van der Waals surface area contributed by atoms with Crippen LogP contribution in [0.2, 0.25) is 0 Å². The van der Waals surface area contributed by atoms with Crippen LogP contribution in [-0.2, 0) is 9.53 Å². The first-order valence-corrected chi connectivity index (χ1v) is 7.92. The van der Waals surface area contributed by atoms with E-state index in [9.17, 15) is 4.79 Å². The molecule has 2 fully saturated rings. The molecule has 6 nitrogen and oxygen atoms in total. The van der Waals surface area contributed by atoms with E-state index >= 15 is 0 Å². The number of amides is 1. The second kappa shape index (κ2) is 6.64. The Labute approximate surface area is 126 Å². The molecule has 1 saturated heterocycles. The normalized spacial score (nSPS) is 30.8. The topological polar surface area (TPSA) is 88.2 Å². The van der Waals surface area contributed by atoms with Gasteiger partial charge in [0.15, 0.2) is 5.84 Å². The number of hydrogen-bond acceptors (Lipinski definition) is 4. The van der Waals surface area contributed by atoms with Crippen molar-refractivity contribution in [3.05, 3.63) is 0 Å². The number of hydrogen-bond donors (Lipinski definition) is 2. The quantitative estimate of drug-likeness (QED) is 0.267. The zero-order valence-corrected chi connectivity index (χ0v) is 13.0. The molecule has 0 unspecified atom stereocenters. The maximum atomic E-state index is 13.1. The molecule has 120 valence electrons. The number of carbonyl (C=O) groups excluding carboxylic acids is 1. The van der Waals surface area contributed by atoms with Crippen LogP contribution in [0.3, 0.4) is 0 Å². The first kappa shape index (κ1) is 16.1. The van der Waals surface area contributed by atoms with Crippen LogP contribution in [-0.4, -0.2) is 47.1 Å². The number of oxime groups is 1. The predicted molar refractivity (Wildman–Crippen MR) is 80.1 cm³/mol. The SMILES string of the molecule is C[C@@H]1CN(C(=O)C2(C(N)=NO)CCCCCC2)C[C@H](C)O1. The van der Waals surface area contributed by atoms with E-state index in [0.29, 0.717) is 25.9 Å². The minimum absolute atomic E-state index is 0.00157. The second-order valence-electron chi connectivity index (χ2n) is 6.45. The van der Waals surface area contributed by atoms with Crippen LogP contribution in [0.5, 0.6) is 0 Å². The first-order chi connectivity index (χ1) is 9.99. The van der Waals surface area contributed by atoms with Gasteiger partial charge in [0.05, 0.1) is 12.2 Å². The fourth-order valence-electron chi connectivity index (χ4n) is 3.65. The van der Waals surface area contributed by atoms with Crippen LogP contribution < -0.4 is 5.73 Å². The van der Waals surface area contributed by atoms with Gasteiger partial charge in [-0.2, -0.15) is 0 Å². The lowest BCUT2D eigenvalue weighted by molar-refractivity contribution is -0.151. The lowest BCUT2D eigenvalue weighted by Crippen LogP contribution is -2.56. The summed E-state index contributed by atoms with van der Waals surface area (Å²) >= 11 is 0. The number of carbonyl (C=O) groups is 1. The summed E-state index contributed by atoms with van der Waals surface area (Å²) in [5, 5.41) is 12.4. The van der Waals surface area contributed by atoms with Crippen molar-refractivity contribution in [1.29, 1.82) is 0 Å². The molecule has 0 spiro atoms. The molecule has 1 saturated carbocycles. The third kappa shape index (κ3) is 3.31. The van der Waals surface area contributed by atoms with E-state index < -0.39 is 5.41 Å². The van der Waals surface area contributed by atoms with E-state index in [1.807, 2.05) is 18.7 Å². The molecule has 0 aromatic heterocycles. The van der Waals surface area contributed by atoms with Crippen LogP contribution in [0.15, 0.2) is 5.16 Å². The van der Waals surface area contributed by atoms with Crippen LogP contribution in [0.1, 0.15) is 52.4 Å². The Morgan fingerprint density at radius 1 is 1.19 bits per heavy atom. The number of ether oxygens (including phenoxy) is 1. The van der Waals surface area contributed by atoms with Crippen molar-refractivity contribution in [2.75, 3.05) is 13.1 Å². The second-order valence-corrected chi connectivity index (χ2v) is 6.45. The molecule has 1 amide bonds. The van der Waals surface area contributed by atoms with Crippen molar-refractivity contribution >= 4 is 11.7 Å². The first-order valence-electron chi connectivity index (χ1n) is 7.92. The molecule has 1 heterocycles. The maximum Gasteiger partial charge on any atom is 0.236 e. The summed E-state index contributed by atoms with van der Waals surface area (Å²) in [4.78, 5) is 15.0. The smallest absolute Gasteiger partial charge is 0.236 e. The Balaban J connectivity index is 2.25. The number of amidine groups is 1. The molecule has 2 aliphatic rings. The van der Waals surface area contributed by atoms with E-state index in [0.717, 1.165) is 25.7 Å². The van der Waals surface area contributed by atoms with Gasteiger partial charge in [0.1, 0.15) is 5.41 Å². The van der Waals surface area contributed by atoms with Crippen LogP contribution in [0.25, 0.3) is 0 Å². The molecule has 0 bridgehead atoms. The largest absolute Gasteiger partial charge is 0.409 e. The van der Waals surface area contributed by atoms with E-state index in [1.54, 1.807) is 0 Å². The van der Waals surface area contributed by atoms with Crippen molar-refractivity contribution in [1.82, 2.24) is 4.90 Å². The predicted octanol–water partition coefficient (Wildman–Crippen LogP) is 1.71. The Bertz CT molecular complexity index is 393. The minimum Gasteiger partial charge on any atom is -0.409 e. The van der Waals surface area contributed by atoms with Crippen molar-refractivity contribution in [3.8, 4) is 0 Å². The molecule has 0 aromatic rings. The van der Waals surface area contributed by atoms with Crippen molar-refractivity contribution in [2.45, 2.75) is 64.6 Å². The monoisotopic (exact) mass is 297 g/mol. The third-order valence-electron chi connectivity index (χ3n) is 4.67. The van der Waals surface area contributed by atoms with E-state index in [2.05, 4.69) is 5.16 Å². The highest BCUT2D eigenvalue weighted by atomic mass is 16.5. The molecule has 2 atom stereocenters. The highest BCUT2D eigenvalue weighted by Crippen LogP contribution is 2.37. The van der Waals surface area contributed by atoms with Gasteiger partial charge in [0, 0.05) is 13.1 Å². The number of rotatable bonds is 2. The summed E-state index contributed by atoms with van der Waals surface area (Å²) in [5.41, 5.74) is 5.12. The molecular formula is C15H27N3O3. The van der Waals surface area contributed by atoms with Gasteiger partial charge in [-0.15, -0.1) is 0 Å². The molecule has 0 radical (unpaired) electrons. The lowest BCUT2D eigenvalue weighted by atomic mass is 9.77. The Kier molecular flexibility index (Phi) is 5.08. The minimum atomic E-state index is -0.831. The van der Waals surface area contributed by atoms with Crippen LogP contribution in [0, 0.1) is 5.41 Å². The van der Waals surface area contributed by atoms with Gasteiger partial charge in [-0.1, -0.05) is 30.8 Å². The van der Waals surface area contributed by atoms with Gasteiger partial charge >= 0.3 is 0 Å². The molecule has 0 aromatic carbocycles. The average molecular weight is 297 g/mol. The van der Waals surface area contributed by atoms with Crippen molar-refractivity contribution in [2.24, 2.45) is 16.3 Å². The van der Waals surface area contributed by atoms with E-state index in [4.69, 9.17) is 15.7 Å². The summed E-state index contributed by atoms with van der Waals surface area (Å²) < 4.78 is 5.69. The Morgan fingerprint density at radius 2 is 1.71 bits per heavy atom. The number of nitrogens with two attached hydrogens (primary N) is 1. The summed E-state index contributed by atoms with van der Waals surface area (Å²) in [6, 6.07) is 0. The van der Waals surface area contributed by atoms with Crippen molar-refractivity contribution in [3.63, 3.8) is 0 Å². The Morgan fingerprint density at radius 3 is 2.19 bits per heavy atom. The third-order valence-corrected chi connectivity index (χ3v) is 4.67. The fourth-order valence-corrected chi connectivity index (χ4v) is 3.65. The number of nitrogens with zero attached hydrogens (tertiary/aromatic N) is 2. The van der Waals surface area contributed by atoms with Gasteiger partial charge in [0.2, 0.25) is 5.91 Å². The van der Waals surface area contributed by atoms with Crippen molar-refractivity contribution < 1.29 is 14.7 Å². The van der Waals surface area contributed by atoms with Gasteiger partial charge in [-0.25, -0.2) is 0 Å². The van der Waals surface area contributed by atoms with Crippen LogP contribution in [0.4, 0.5) is 0 Å². The lowest BCUT2D eigenvalue weighted by Gasteiger charge is -2.41. The maximum absolute atomic E-state index is 13.1. The highest BCUT2D eigenvalue weighted by molar-refractivity contribution is 6.06. The summed E-state index contributed by atoms with van der Waals surface area (Å²) in [7, 11) is 0. The van der Waals surface area contributed by atoms with Crippen LogP contribution >= 0.6 is 0 Å².